The molecule has 0 unspecified atom stereocenters. The summed E-state index contributed by atoms with van der Waals surface area (Å²) in [6, 6.07) is 27.0. The largest absolute Gasteiger partial charge is 0.506 e. The molecule has 0 spiro atoms. The van der Waals surface area contributed by atoms with Crippen molar-refractivity contribution in [1.82, 2.24) is 15.0 Å². The van der Waals surface area contributed by atoms with Crippen LogP contribution in [0, 0.1) is 0 Å². The van der Waals surface area contributed by atoms with E-state index in [1.807, 2.05) is 72.8 Å². The lowest BCUT2D eigenvalue weighted by Crippen LogP contribution is -2.05. The van der Waals surface area contributed by atoms with Gasteiger partial charge in [-0.3, -0.25) is 0 Å². The van der Waals surface area contributed by atoms with Crippen LogP contribution in [0.25, 0.3) is 101 Å². The minimum Gasteiger partial charge on any atom is -0.506 e. The van der Waals surface area contributed by atoms with Crippen LogP contribution in [0.3, 0.4) is 0 Å². The van der Waals surface area contributed by atoms with Gasteiger partial charge in [0, 0.05) is 21.9 Å². The number of para-hydroxylation sites is 1. The van der Waals surface area contributed by atoms with E-state index >= 15 is 0 Å². The van der Waals surface area contributed by atoms with Crippen molar-refractivity contribution >= 4 is 35.2 Å². The smallest absolute Gasteiger partial charge is 0.208 e. The predicted octanol–water partition coefficient (Wildman–Crippen LogP) is 7.23. The molecule has 0 bridgehead atoms. The zero-order chi connectivity index (χ0) is 52.2. The van der Waals surface area contributed by atoms with Crippen molar-refractivity contribution in [3.8, 4) is 176 Å². The molecule has 22 heteroatoms. The van der Waals surface area contributed by atoms with E-state index in [9.17, 15) is 86.8 Å². The molecule has 2 heterocycles. The van der Waals surface area contributed by atoms with E-state index in [1.165, 1.54) is 12.1 Å². The highest BCUT2D eigenvalue weighted by atomic mass is 16.4. The highest BCUT2D eigenvalue weighted by Crippen LogP contribution is 2.62. The summed E-state index contributed by atoms with van der Waals surface area (Å²) in [6.07, 6.45) is 0. The Kier molecular flexibility index (Phi) is 10.4. The van der Waals surface area contributed by atoms with Crippen LogP contribution in [0.15, 0.2) is 95.4 Å². The van der Waals surface area contributed by atoms with E-state index in [0.717, 1.165) is 16.7 Å². The van der Waals surface area contributed by atoms with E-state index in [2.05, 4.69) is 15.0 Å². The number of aromatic hydroxyl groups is 17. The maximum Gasteiger partial charge on any atom is 0.208 e. The first-order chi connectivity index (χ1) is 34.7. The zero-order valence-corrected chi connectivity index (χ0v) is 36.6. The number of phenols is 17. The molecule has 21 nitrogen and oxygen atoms in total. The van der Waals surface area contributed by atoms with Crippen LogP contribution in [-0.2, 0) is 0 Å². The Labute approximate surface area is 407 Å². The van der Waals surface area contributed by atoms with Gasteiger partial charge in [0.25, 0.3) is 0 Å². The SMILES string of the molecule is [B]c1c(O)c(O)c(-c2c(O)c(O)c(-c3nc(-c4c(O)c(O)c(O)c(O)c4O)nc(-c4c(O)c(O)c(O)c(-c5cccc6c5oc5c(-c7ccccc7)cc(-c7ccccc7)cc56)c4O)n3)c(O)c2O)c(O)c1O. The van der Waals surface area contributed by atoms with Crippen molar-refractivity contribution in [2.45, 2.75) is 0 Å². The van der Waals surface area contributed by atoms with Gasteiger partial charge in [-0.25, -0.2) is 15.0 Å². The fraction of sp³-hybridized carbons (Fsp3) is 0. The molecule has 0 aliphatic carbocycles. The molecule has 2 radical (unpaired) electrons. The first-order valence-corrected chi connectivity index (χ1v) is 21.1. The second kappa shape index (κ2) is 16.4. The topological polar surface area (TPSA) is 396 Å². The average molecular weight is 986 g/mol. The van der Waals surface area contributed by atoms with E-state index in [4.69, 9.17) is 12.3 Å². The van der Waals surface area contributed by atoms with Crippen molar-refractivity contribution in [3.63, 3.8) is 0 Å². The van der Waals surface area contributed by atoms with Gasteiger partial charge in [-0.15, -0.1) is 0 Å². The van der Waals surface area contributed by atoms with Crippen molar-refractivity contribution in [3.05, 3.63) is 91.0 Å². The summed E-state index contributed by atoms with van der Waals surface area (Å²) in [7, 11) is 5.49. The molecular weight excluding hydrogens is 953 g/mol. The van der Waals surface area contributed by atoms with Gasteiger partial charge in [0.1, 0.15) is 41.5 Å². The highest BCUT2D eigenvalue weighted by molar-refractivity contribution is 6.37. The lowest BCUT2D eigenvalue weighted by molar-refractivity contribution is 0.329. The van der Waals surface area contributed by atoms with E-state index in [0.29, 0.717) is 21.9 Å². The first-order valence-electron chi connectivity index (χ1n) is 21.1. The molecule has 0 saturated carbocycles. The summed E-state index contributed by atoms with van der Waals surface area (Å²) in [5.74, 6) is -27.3. The average Bonchev–Trinajstić information content (AvgIpc) is 3.78. The standard InChI is InChI=1S/C51H32BN3O18/c52-29-41(67)34(60)25(35(61)42(29)68)24-32(58)36(62)27(37(63)33(24)59)50-53-49(54-51(55-50)28-39(65)44(70)46(72)45(71)40(28)66)26-30(56)23(31(57)43(69)38(26)64)20-13-7-12-19-22-15-18(16-8-3-1-4-9-16)14-21(48(22)73-47(19)20)17-10-5-2-6-11-17/h1-15,56-72H. The van der Waals surface area contributed by atoms with Crippen LogP contribution in [0.4, 0.5) is 0 Å². The molecule has 73 heavy (non-hydrogen) atoms. The molecule has 0 aliphatic rings. The van der Waals surface area contributed by atoms with Gasteiger partial charge >= 0.3 is 0 Å². The van der Waals surface area contributed by atoms with Crippen LogP contribution in [0.5, 0.6) is 97.7 Å². The number of aromatic nitrogens is 3. The summed E-state index contributed by atoms with van der Waals surface area (Å²) < 4.78 is 6.58. The second-order valence-electron chi connectivity index (χ2n) is 16.3. The maximum absolute atomic E-state index is 12.3. The molecule has 362 valence electrons. The van der Waals surface area contributed by atoms with Crippen LogP contribution in [0.1, 0.15) is 0 Å². The molecule has 10 aromatic rings. The number of hydrogen-bond donors (Lipinski definition) is 17. The van der Waals surface area contributed by atoms with Crippen molar-refractivity contribution in [2.75, 3.05) is 0 Å². The van der Waals surface area contributed by atoms with E-state index < -0.39 is 154 Å². The number of benzene rings is 8. The van der Waals surface area contributed by atoms with Crippen molar-refractivity contribution in [2.24, 2.45) is 0 Å². The molecule has 8 aromatic carbocycles. The maximum atomic E-state index is 12.3. The monoisotopic (exact) mass is 985 g/mol. The van der Waals surface area contributed by atoms with Crippen molar-refractivity contribution < 1.29 is 91.2 Å². The number of phenolic OH excluding ortho intramolecular Hbond substituents is 17. The lowest BCUT2D eigenvalue weighted by atomic mass is 9.88. The van der Waals surface area contributed by atoms with Gasteiger partial charge in [-0.05, 0) is 34.3 Å². The highest BCUT2D eigenvalue weighted by Gasteiger charge is 2.36. The molecule has 10 rings (SSSR count). The Bertz CT molecular complexity index is 3930. The Morgan fingerprint density at radius 1 is 0.288 bits per heavy atom. The van der Waals surface area contributed by atoms with Gasteiger partial charge in [0.2, 0.25) is 23.0 Å². The van der Waals surface area contributed by atoms with Gasteiger partial charge in [0.05, 0.1) is 16.7 Å². The molecule has 0 fully saturated rings. The molecule has 2 aromatic heterocycles. The molecular formula is C51H32BN3O18. The predicted molar refractivity (Wildman–Crippen MR) is 259 cm³/mol. The third-order valence-corrected chi connectivity index (χ3v) is 12.2. The van der Waals surface area contributed by atoms with Gasteiger partial charge in [0.15, 0.2) is 86.5 Å². The third-order valence-electron chi connectivity index (χ3n) is 12.2. The molecule has 17 N–H and O–H groups in total. The number of hydrogen-bond acceptors (Lipinski definition) is 21. The Balaban J connectivity index is 1.26. The van der Waals surface area contributed by atoms with Gasteiger partial charge in [-0.1, -0.05) is 78.9 Å². The second-order valence-corrected chi connectivity index (χ2v) is 16.3. The number of rotatable bonds is 7. The summed E-state index contributed by atoms with van der Waals surface area (Å²) in [5.41, 5.74) is -4.21. The zero-order valence-electron chi connectivity index (χ0n) is 36.6. The quantitative estimate of drug-likeness (QED) is 0.0425. The van der Waals surface area contributed by atoms with Crippen LogP contribution in [-0.4, -0.2) is 110 Å². The summed E-state index contributed by atoms with van der Waals surface area (Å²) in [5, 5.41) is 189. The van der Waals surface area contributed by atoms with E-state index in [-0.39, 0.29) is 11.1 Å². The van der Waals surface area contributed by atoms with Gasteiger partial charge in [-0.2, -0.15) is 0 Å². The minimum absolute atomic E-state index is 0.0177. The van der Waals surface area contributed by atoms with Gasteiger partial charge < -0.3 is 91.2 Å². The Morgan fingerprint density at radius 3 is 1.15 bits per heavy atom. The third kappa shape index (κ3) is 6.69. The fourth-order valence-corrected chi connectivity index (χ4v) is 8.60. The molecule has 0 saturated heterocycles. The Morgan fingerprint density at radius 2 is 0.658 bits per heavy atom. The first kappa shape index (κ1) is 46.0. The summed E-state index contributed by atoms with van der Waals surface area (Å²) in [4.78, 5) is 12.1. The van der Waals surface area contributed by atoms with Crippen molar-refractivity contribution in [1.29, 1.82) is 0 Å². The number of furan rings is 1. The summed E-state index contributed by atoms with van der Waals surface area (Å²) in [6.45, 7) is 0. The fourth-order valence-electron chi connectivity index (χ4n) is 8.60. The normalized spacial score (nSPS) is 11.5. The molecule has 0 amide bonds. The molecule has 0 aliphatic heterocycles. The Hall–Kier alpha value is -10.8. The van der Waals surface area contributed by atoms with Crippen LogP contribution >= 0.6 is 0 Å². The number of nitrogens with zero attached hydrogens (tertiary/aromatic N) is 3. The van der Waals surface area contributed by atoms with E-state index in [1.54, 1.807) is 6.07 Å². The van der Waals surface area contributed by atoms with Crippen LogP contribution in [0.2, 0.25) is 0 Å². The van der Waals surface area contributed by atoms with Crippen LogP contribution < -0.4 is 5.46 Å². The molecule has 0 atom stereocenters. The minimum atomic E-state index is -1.56. The summed E-state index contributed by atoms with van der Waals surface area (Å²) >= 11 is 0. The number of fused-ring (bicyclic) bond motifs is 3. The lowest BCUT2D eigenvalue weighted by Gasteiger charge is -2.19.